The van der Waals surface area contributed by atoms with E-state index in [2.05, 4.69) is 15.4 Å². The van der Waals surface area contributed by atoms with Crippen LogP contribution in [-0.2, 0) is 11.8 Å². The summed E-state index contributed by atoms with van der Waals surface area (Å²) in [6.45, 7) is 0.786. The first kappa shape index (κ1) is 17.8. The van der Waals surface area contributed by atoms with Gasteiger partial charge in [0.15, 0.2) is 0 Å². The van der Waals surface area contributed by atoms with Gasteiger partial charge >= 0.3 is 0 Å². The number of nitrogens with zero attached hydrogens (tertiary/aromatic N) is 3. The van der Waals surface area contributed by atoms with Gasteiger partial charge in [-0.2, -0.15) is 5.10 Å². The van der Waals surface area contributed by atoms with Crippen LogP contribution in [0.5, 0.6) is 0 Å². The maximum atomic E-state index is 11.0. The molecule has 0 bridgehead atoms. The Hall–Kier alpha value is -2.97. The van der Waals surface area contributed by atoms with E-state index in [4.69, 9.17) is 10.5 Å². The number of nitrogens with one attached hydrogen (secondary N) is 1. The fourth-order valence-electron chi connectivity index (χ4n) is 2.35. The molecule has 0 radical (unpaired) electrons. The van der Waals surface area contributed by atoms with Crippen molar-refractivity contribution in [2.45, 2.75) is 0 Å². The molecule has 0 saturated heterocycles. The molecule has 0 saturated carbocycles. The first-order valence-corrected chi connectivity index (χ1v) is 8.76. The third-order valence-corrected chi connectivity index (χ3v) is 4.63. The van der Waals surface area contributed by atoms with E-state index in [0.717, 1.165) is 21.7 Å². The Morgan fingerprint density at radius 1 is 1.38 bits per heavy atom. The molecule has 3 N–H and O–H groups in total. The molecule has 0 aliphatic heterocycles. The van der Waals surface area contributed by atoms with Gasteiger partial charge in [-0.1, -0.05) is 12.2 Å². The Labute approximate surface area is 155 Å². The summed E-state index contributed by atoms with van der Waals surface area (Å²) in [4.78, 5) is 15.8. The van der Waals surface area contributed by atoms with Crippen LogP contribution in [0.25, 0.3) is 17.2 Å². The average molecular weight is 369 g/mol. The van der Waals surface area contributed by atoms with Crippen LogP contribution < -0.4 is 11.1 Å². The van der Waals surface area contributed by atoms with Crippen LogP contribution >= 0.6 is 11.3 Å². The average Bonchev–Trinajstić information content (AvgIpc) is 3.27. The van der Waals surface area contributed by atoms with Gasteiger partial charge in [0.2, 0.25) is 0 Å². The van der Waals surface area contributed by atoms with Crippen LogP contribution in [0.3, 0.4) is 0 Å². The van der Waals surface area contributed by atoms with E-state index >= 15 is 0 Å². The quantitative estimate of drug-likeness (QED) is 0.470. The molecule has 1 amide bonds. The highest BCUT2D eigenvalue weighted by atomic mass is 32.1. The summed E-state index contributed by atoms with van der Waals surface area (Å²) in [5.41, 5.74) is 8.34. The van der Waals surface area contributed by atoms with E-state index in [0.29, 0.717) is 18.2 Å². The summed E-state index contributed by atoms with van der Waals surface area (Å²) in [6, 6.07) is 5.46. The van der Waals surface area contributed by atoms with Gasteiger partial charge in [0.25, 0.3) is 5.91 Å². The van der Waals surface area contributed by atoms with Crippen molar-refractivity contribution >= 4 is 28.3 Å². The predicted molar refractivity (Wildman–Crippen MR) is 103 cm³/mol. The van der Waals surface area contributed by atoms with Crippen LogP contribution in [0.15, 0.2) is 49.1 Å². The van der Waals surface area contributed by atoms with E-state index in [1.165, 1.54) is 11.3 Å². The van der Waals surface area contributed by atoms with Crippen molar-refractivity contribution in [2.75, 3.05) is 18.7 Å². The van der Waals surface area contributed by atoms with Crippen LogP contribution in [0, 0.1) is 0 Å². The molecule has 0 aliphatic rings. The minimum Gasteiger partial charge on any atom is -0.365 e. The van der Waals surface area contributed by atoms with Crippen molar-refractivity contribution in [3.05, 3.63) is 59.5 Å². The lowest BCUT2D eigenvalue weighted by Gasteiger charge is -2.04. The van der Waals surface area contributed by atoms with E-state index in [-0.39, 0.29) is 0 Å². The molecule has 0 atom stereocenters. The third kappa shape index (κ3) is 4.56. The number of aromatic nitrogens is 3. The molecule has 26 heavy (non-hydrogen) atoms. The molecule has 3 heterocycles. The SMILES string of the molecule is Cn1cc(-c2ccncc2/C=C/COCNc2ccc(C(N)=O)s2)cn1. The standard InChI is InChI=1S/C18H19N5O2S/c1-23-11-14(10-22-23)15-6-7-20-9-13(15)3-2-8-25-12-21-17-5-4-16(26-17)18(19)24/h2-7,9-11,21H,8,12H2,1H3,(H2,19,24)/b3-2+. The first-order chi connectivity index (χ1) is 12.6. The van der Waals surface area contributed by atoms with Gasteiger partial charge in [-0.25, -0.2) is 0 Å². The van der Waals surface area contributed by atoms with Gasteiger partial charge in [-0.15, -0.1) is 11.3 Å². The van der Waals surface area contributed by atoms with Gasteiger partial charge in [-0.05, 0) is 23.8 Å². The number of nitrogens with two attached hydrogens (primary N) is 1. The highest BCUT2D eigenvalue weighted by Gasteiger charge is 2.05. The number of rotatable bonds is 8. The van der Waals surface area contributed by atoms with E-state index < -0.39 is 5.91 Å². The highest BCUT2D eigenvalue weighted by Crippen LogP contribution is 2.23. The van der Waals surface area contributed by atoms with Gasteiger partial charge in [0.1, 0.15) is 6.73 Å². The minimum atomic E-state index is -0.423. The molecule has 0 unspecified atom stereocenters. The Balaban J connectivity index is 1.51. The molecule has 3 rings (SSSR count). The minimum absolute atomic E-state index is 0.339. The molecule has 0 spiro atoms. The summed E-state index contributed by atoms with van der Waals surface area (Å²) in [7, 11) is 1.89. The van der Waals surface area contributed by atoms with Gasteiger partial charge in [0.05, 0.1) is 22.7 Å². The largest absolute Gasteiger partial charge is 0.365 e. The van der Waals surface area contributed by atoms with Crippen molar-refractivity contribution in [3.8, 4) is 11.1 Å². The van der Waals surface area contributed by atoms with E-state index in [1.54, 1.807) is 23.0 Å². The van der Waals surface area contributed by atoms with Crippen molar-refractivity contribution in [2.24, 2.45) is 12.8 Å². The van der Waals surface area contributed by atoms with Crippen molar-refractivity contribution < 1.29 is 9.53 Å². The van der Waals surface area contributed by atoms with Crippen molar-refractivity contribution in [1.29, 1.82) is 0 Å². The number of primary amides is 1. The number of pyridine rings is 1. The highest BCUT2D eigenvalue weighted by molar-refractivity contribution is 7.17. The molecule has 3 aromatic heterocycles. The second-order valence-electron chi connectivity index (χ2n) is 5.49. The van der Waals surface area contributed by atoms with Crippen LogP contribution in [0.2, 0.25) is 0 Å². The number of carbonyl (C=O) groups is 1. The number of hydrogen-bond acceptors (Lipinski definition) is 6. The summed E-state index contributed by atoms with van der Waals surface area (Å²) >= 11 is 1.30. The predicted octanol–water partition coefficient (Wildman–Crippen LogP) is 2.74. The molecular formula is C18H19N5O2S. The van der Waals surface area contributed by atoms with Gasteiger partial charge in [-0.3, -0.25) is 14.5 Å². The summed E-state index contributed by atoms with van der Waals surface area (Å²) in [5, 5.41) is 8.14. The monoisotopic (exact) mass is 369 g/mol. The Bertz CT molecular complexity index is 916. The van der Waals surface area contributed by atoms with E-state index in [1.807, 2.05) is 43.9 Å². The second kappa shape index (κ2) is 8.41. The van der Waals surface area contributed by atoms with Crippen LogP contribution in [0.1, 0.15) is 15.2 Å². The maximum Gasteiger partial charge on any atom is 0.258 e. The topological polar surface area (TPSA) is 95.1 Å². The normalized spacial score (nSPS) is 11.1. The molecule has 0 fully saturated rings. The molecule has 3 aromatic rings. The first-order valence-electron chi connectivity index (χ1n) is 7.94. The number of aryl methyl sites for hydroxylation is 1. The molecule has 0 aromatic carbocycles. The summed E-state index contributed by atoms with van der Waals surface area (Å²) in [5.74, 6) is -0.423. The van der Waals surface area contributed by atoms with Crippen LogP contribution in [0.4, 0.5) is 5.00 Å². The lowest BCUT2D eigenvalue weighted by Crippen LogP contribution is -2.08. The number of thiophene rings is 1. The van der Waals surface area contributed by atoms with Gasteiger partial charge in [0, 0.05) is 36.8 Å². The van der Waals surface area contributed by atoms with Crippen LogP contribution in [-0.4, -0.2) is 34.0 Å². The Morgan fingerprint density at radius 2 is 2.27 bits per heavy atom. The molecular weight excluding hydrogens is 350 g/mol. The zero-order valence-electron chi connectivity index (χ0n) is 14.3. The fourth-order valence-corrected chi connectivity index (χ4v) is 3.09. The molecule has 8 heteroatoms. The van der Waals surface area contributed by atoms with Gasteiger partial charge < -0.3 is 15.8 Å². The Morgan fingerprint density at radius 3 is 3.00 bits per heavy atom. The number of anilines is 1. The van der Waals surface area contributed by atoms with E-state index in [9.17, 15) is 4.79 Å². The fraction of sp³-hybridized carbons (Fsp3) is 0.167. The lowest BCUT2D eigenvalue weighted by atomic mass is 10.1. The number of carbonyl (C=O) groups excluding carboxylic acids is 1. The number of hydrogen-bond donors (Lipinski definition) is 2. The zero-order chi connectivity index (χ0) is 18.4. The molecule has 0 aliphatic carbocycles. The molecule has 7 nitrogen and oxygen atoms in total. The number of amides is 1. The molecule has 134 valence electrons. The maximum absolute atomic E-state index is 11.0. The second-order valence-corrected chi connectivity index (χ2v) is 6.57. The van der Waals surface area contributed by atoms with Crippen molar-refractivity contribution in [3.63, 3.8) is 0 Å². The number of ether oxygens (including phenoxy) is 1. The zero-order valence-corrected chi connectivity index (χ0v) is 15.1. The summed E-state index contributed by atoms with van der Waals surface area (Å²) in [6.07, 6.45) is 11.3. The third-order valence-electron chi connectivity index (χ3n) is 3.58. The summed E-state index contributed by atoms with van der Waals surface area (Å²) < 4.78 is 7.30. The van der Waals surface area contributed by atoms with Crippen molar-refractivity contribution in [1.82, 2.24) is 14.8 Å². The lowest BCUT2D eigenvalue weighted by molar-refractivity contribution is 0.100. The smallest absolute Gasteiger partial charge is 0.258 e. The Kier molecular flexibility index (Phi) is 5.77.